The molecule has 13 heavy (non-hydrogen) atoms. The summed E-state index contributed by atoms with van der Waals surface area (Å²) in [7, 11) is 0. The number of anilines is 1. The van der Waals surface area contributed by atoms with E-state index in [0.717, 1.165) is 6.54 Å². The molecule has 0 fully saturated rings. The molecule has 2 heterocycles. The Morgan fingerprint density at radius 2 is 2.31 bits per heavy atom. The van der Waals surface area contributed by atoms with Crippen molar-refractivity contribution in [2.45, 2.75) is 32.6 Å². The summed E-state index contributed by atoms with van der Waals surface area (Å²) in [6.45, 7) is 5.46. The van der Waals surface area contributed by atoms with Gasteiger partial charge in [-0.25, -0.2) is 0 Å². The minimum absolute atomic E-state index is 0.534. The van der Waals surface area contributed by atoms with Crippen LogP contribution in [0.5, 0.6) is 0 Å². The van der Waals surface area contributed by atoms with Crippen LogP contribution in [-0.4, -0.2) is 11.5 Å². The minimum Gasteiger partial charge on any atom is -0.384 e. The molecular weight excluding hydrogens is 160 g/mol. The number of fused-ring (bicyclic) bond motifs is 1. The third-order valence-corrected chi connectivity index (χ3v) is 2.54. The molecule has 1 N–H and O–H groups in total. The van der Waals surface area contributed by atoms with Crippen LogP contribution in [0.4, 0.5) is 5.69 Å². The van der Waals surface area contributed by atoms with E-state index in [9.17, 15) is 0 Å². The van der Waals surface area contributed by atoms with Gasteiger partial charge >= 0.3 is 0 Å². The zero-order valence-corrected chi connectivity index (χ0v) is 8.30. The van der Waals surface area contributed by atoms with Gasteiger partial charge in [-0.2, -0.15) is 0 Å². The van der Waals surface area contributed by atoms with E-state index in [0.29, 0.717) is 5.92 Å². The normalized spacial score (nSPS) is 15.3. The lowest BCUT2D eigenvalue weighted by molar-refractivity contribution is 0.789. The van der Waals surface area contributed by atoms with E-state index in [1.54, 1.807) is 0 Å². The molecule has 70 valence electrons. The van der Waals surface area contributed by atoms with E-state index < -0.39 is 0 Å². The summed E-state index contributed by atoms with van der Waals surface area (Å²) in [6.07, 6.45) is 4.42. The molecule has 1 aromatic heterocycles. The molecule has 2 rings (SSSR count). The van der Waals surface area contributed by atoms with Crippen molar-refractivity contribution < 1.29 is 0 Å². The molecule has 1 aromatic rings. The van der Waals surface area contributed by atoms with Gasteiger partial charge in [-0.3, -0.25) is 4.98 Å². The molecule has 0 aromatic carbocycles. The van der Waals surface area contributed by atoms with Crippen LogP contribution < -0.4 is 5.32 Å². The van der Waals surface area contributed by atoms with E-state index in [1.807, 2.05) is 6.20 Å². The average Bonchev–Trinajstić information content (AvgIpc) is 2.17. The lowest BCUT2D eigenvalue weighted by Gasteiger charge is -2.18. The topological polar surface area (TPSA) is 24.9 Å². The Balaban J connectivity index is 2.35. The Kier molecular flexibility index (Phi) is 2.21. The zero-order chi connectivity index (χ0) is 9.26. The highest BCUT2D eigenvalue weighted by atomic mass is 14.9. The van der Waals surface area contributed by atoms with Gasteiger partial charge in [0.15, 0.2) is 0 Å². The summed E-state index contributed by atoms with van der Waals surface area (Å²) >= 11 is 0. The minimum atomic E-state index is 0.534. The van der Waals surface area contributed by atoms with Crippen LogP contribution in [0.2, 0.25) is 0 Å². The predicted octanol–water partition coefficient (Wildman–Crippen LogP) is 2.56. The van der Waals surface area contributed by atoms with Crippen LogP contribution in [0.1, 0.15) is 37.4 Å². The van der Waals surface area contributed by atoms with Crippen LogP contribution in [0.3, 0.4) is 0 Å². The number of nitrogens with zero attached hydrogens (tertiary/aromatic N) is 1. The molecule has 2 heteroatoms. The number of hydrogen-bond acceptors (Lipinski definition) is 2. The van der Waals surface area contributed by atoms with Gasteiger partial charge < -0.3 is 5.32 Å². The third-order valence-electron chi connectivity index (χ3n) is 2.54. The molecule has 0 unspecified atom stereocenters. The second kappa shape index (κ2) is 3.36. The molecular formula is C11H16N2. The van der Waals surface area contributed by atoms with Crippen molar-refractivity contribution in [3.63, 3.8) is 0 Å². The predicted molar refractivity (Wildman–Crippen MR) is 55.1 cm³/mol. The largest absolute Gasteiger partial charge is 0.384 e. The van der Waals surface area contributed by atoms with E-state index in [2.05, 4.69) is 30.2 Å². The van der Waals surface area contributed by atoms with Crippen molar-refractivity contribution in [3.05, 3.63) is 23.5 Å². The average molecular weight is 176 g/mol. The van der Waals surface area contributed by atoms with Gasteiger partial charge in [-0.05, 0) is 30.4 Å². The van der Waals surface area contributed by atoms with Crippen molar-refractivity contribution in [3.8, 4) is 0 Å². The maximum absolute atomic E-state index is 4.43. The first-order valence-electron chi connectivity index (χ1n) is 5.00. The summed E-state index contributed by atoms with van der Waals surface area (Å²) < 4.78 is 0. The highest BCUT2D eigenvalue weighted by Crippen LogP contribution is 2.23. The fraction of sp³-hybridized carbons (Fsp3) is 0.545. The number of rotatable bonds is 1. The van der Waals surface area contributed by atoms with Crippen molar-refractivity contribution in [2.75, 3.05) is 11.9 Å². The van der Waals surface area contributed by atoms with Crippen LogP contribution in [0, 0.1) is 0 Å². The number of aryl methyl sites for hydroxylation is 1. The van der Waals surface area contributed by atoms with Gasteiger partial charge in [0.25, 0.3) is 0 Å². The van der Waals surface area contributed by atoms with Gasteiger partial charge in [0.2, 0.25) is 0 Å². The molecule has 1 aliphatic heterocycles. The molecule has 0 bridgehead atoms. The Labute approximate surface area is 79.4 Å². The molecule has 0 atom stereocenters. The van der Waals surface area contributed by atoms with Gasteiger partial charge in [0, 0.05) is 12.2 Å². The molecule has 1 aliphatic rings. The van der Waals surface area contributed by atoms with Gasteiger partial charge in [0.1, 0.15) is 0 Å². The zero-order valence-electron chi connectivity index (χ0n) is 8.30. The first-order chi connectivity index (χ1) is 6.27. The van der Waals surface area contributed by atoms with Crippen LogP contribution in [-0.2, 0) is 6.42 Å². The fourth-order valence-electron chi connectivity index (χ4n) is 1.70. The van der Waals surface area contributed by atoms with Crippen LogP contribution in [0.15, 0.2) is 12.3 Å². The SMILES string of the molecule is CC(C)c1cc2c(cn1)NCCC2. The van der Waals surface area contributed by atoms with Crippen molar-refractivity contribution in [1.29, 1.82) is 0 Å². The van der Waals surface area contributed by atoms with Gasteiger partial charge in [0.05, 0.1) is 11.9 Å². The first kappa shape index (κ1) is 8.54. The summed E-state index contributed by atoms with van der Waals surface area (Å²) in [5.41, 5.74) is 3.88. The summed E-state index contributed by atoms with van der Waals surface area (Å²) in [4.78, 5) is 4.43. The standard InChI is InChI=1S/C11H16N2/c1-8(2)10-6-9-4-3-5-12-11(9)7-13-10/h6-8,12H,3-5H2,1-2H3. The Hall–Kier alpha value is -1.05. The van der Waals surface area contributed by atoms with Crippen LogP contribution in [0.25, 0.3) is 0 Å². The third kappa shape index (κ3) is 1.67. The second-order valence-electron chi connectivity index (χ2n) is 3.95. The summed E-state index contributed by atoms with van der Waals surface area (Å²) in [6, 6.07) is 2.24. The lowest BCUT2D eigenvalue weighted by Crippen LogP contribution is -2.12. The van der Waals surface area contributed by atoms with Gasteiger partial charge in [-0.1, -0.05) is 13.8 Å². The van der Waals surface area contributed by atoms with E-state index in [4.69, 9.17) is 0 Å². The maximum Gasteiger partial charge on any atom is 0.0559 e. The smallest absolute Gasteiger partial charge is 0.0559 e. The molecule has 0 aliphatic carbocycles. The van der Waals surface area contributed by atoms with Crippen molar-refractivity contribution in [1.82, 2.24) is 4.98 Å². The molecule has 0 radical (unpaired) electrons. The van der Waals surface area contributed by atoms with E-state index >= 15 is 0 Å². The first-order valence-corrected chi connectivity index (χ1v) is 5.00. The highest BCUT2D eigenvalue weighted by molar-refractivity contribution is 5.51. The highest BCUT2D eigenvalue weighted by Gasteiger charge is 2.10. The maximum atomic E-state index is 4.43. The molecule has 2 nitrogen and oxygen atoms in total. The Morgan fingerprint density at radius 1 is 1.46 bits per heavy atom. The number of hydrogen-bond donors (Lipinski definition) is 1. The Bertz CT molecular complexity index is 305. The Morgan fingerprint density at radius 3 is 3.08 bits per heavy atom. The fourth-order valence-corrected chi connectivity index (χ4v) is 1.70. The van der Waals surface area contributed by atoms with E-state index in [-0.39, 0.29) is 0 Å². The number of aromatic nitrogens is 1. The molecule has 0 saturated heterocycles. The molecule has 0 saturated carbocycles. The van der Waals surface area contributed by atoms with Crippen molar-refractivity contribution in [2.24, 2.45) is 0 Å². The monoisotopic (exact) mass is 176 g/mol. The number of pyridine rings is 1. The summed E-state index contributed by atoms with van der Waals surface area (Å²) in [5, 5.41) is 3.37. The quantitative estimate of drug-likeness (QED) is 0.711. The molecule has 0 amide bonds. The van der Waals surface area contributed by atoms with Crippen molar-refractivity contribution >= 4 is 5.69 Å². The van der Waals surface area contributed by atoms with E-state index in [1.165, 1.54) is 29.8 Å². The summed E-state index contributed by atoms with van der Waals surface area (Å²) in [5.74, 6) is 0.534. The molecule has 0 spiro atoms. The second-order valence-corrected chi connectivity index (χ2v) is 3.95. The van der Waals surface area contributed by atoms with Gasteiger partial charge in [-0.15, -0.1) is 0 Å². The van der Waals surface area contributed by atoms with Crippen LogP contribution >= 0.6 is 0 Å². The lowest BCUT2D eigenvalue weighted by atomic mass is 10.0. The number of nitrogens with one attached hydrogen (secondary N) is 1.